The number of phenolic OH excluding ortho intramolecular Hbond substituents is 2. The van der Waals surface area contributed by atoms with Crippen LogP contribution in [0.3, 0.4) is 0 Å². The summed E-state index contributed by atoms with van der Waals surface area (Å²) < 4.78 is 27.1. The van der Waals surface area contributed by atoms with Gasteiger partial charge >= 0.3 is 0 Å². The van der Waals surface area contributed by atoms with E-state index < -0.39 is 0 Å². The Labute approximate surface area is 182 Å². The summed E-state index contributed by atoms with van der Waals surface area (Å²) in [5, 5.41) is 25.6. The molecule has 0 aliphatic rings. The minimum atomic E-state index is -0.375. The smallest absolute Gasteiger partial charge is 0.132 e. The largest absolute Gasteiger partial charge is 0.507 e. The Morgan fingerprint density at radius 2 is 0.812 bits per heavy atom. The van der Waals surface area contributed by atoms with Crippen molar-refractivity contribution < 1.29 is 19.0 Å². The van der Waals surface area contributed by atoms with E-state index in [1.54, 1.807) is 48.5 Å². The van der Waals surface area contributed by atoms with Gasteiger partial charge in [-0.05, 0) is 57.0 Å². The van der Waals surface area contributed by atoms with E-state index in [-0.39, 0.29) is 23.1 Å². The molecule has 0 aliphatic heterocycles. The van der Waals surface area contributed by atoms with Gasteiger partial charge in [-0.2, -0.15) is 0 Å². The molecule has 0 heterocycles. The first kappa shape index (κ1) is 19.8. The Kier molecular flexibility index (Phi) is 4.45. The highest BCUT2D eigenvalue weighted by atomic mass is 19.1. The summed E-state index contributed by atoms with van der Waals surface area (Å²) in [5.41, 5.74) is 2.59. The van der Waals surface area contributed by atoms with Gasteiger partial charge in [-0.25, -0.2) is 8.78 Å². The molecule has 0 bridgehead atoms. The summed E-state index contributed by atoms with van der Waals surface area (Å²) in [6.45, 7) is 8.03. The molecule has 4 heteroatoms. The van der Waals surface area contributed by atoms with Crippen LogP contribution in [0.25, 0.3) is 57.0 Å². The fourth-order valence-electron chi connectivity index (χ4n) is 4.31. The molecule has 0 fully saturated rings. The molecule has 0 atom stereocenters. The molecule has 0 saturated heterocycles. The summed E-state index contributed by atoms with van der Waals surface area (Å²) in [6.07, 6.45) is 0. The Morgan fingerprint density at radius 3 is 1.16 bits per heavy atom. The highest BCUT2D eigenvalue weighted by Gasteiger charge is 2.21. The van der Waals surface area contributed by atoms with E-state index in [0.717, 1.165) is 0 Å². The second-order valence-corrected chi connectivity index (χ2v) is 7.76. The third-order valence-corrected chi connectivity index (χ3v) is 5.84. The molecule has 0 aromatic heterocycles. The van der Waals surface area contributed by atoms with Crippen molar-refractivity contribution in [2.45, 2.75) is 0 Å². The molecule has 0 unspecified atom stereocenters. The van der Waals surface area contributed by atoms with Crippen LogP contribution in [0.15, 0.2) is 72.8 Å². The zero-order valence-electron chi connectivity index (χ0n) is 17.0. The third kappa shape index (κ3) is 2.92. The molecule has 0 saturated carbocycles. The number of benzene rings is 5. The van der Waals surface area contributed by atoms with Gasteiger partial charge in [0.15, 0.2) is 0 Å². The number of phenols is 2. The zero-order valence-corrected chi connectivity index (χ0v) is 17.0. The van der Waals surface area contributed by atoms with E-state index >= 15 is 0 Å². The van der Waals surface area contributed by atoms with Crippen molar-refractivity contribution in [1.82, 2.24) is 0 Å². The Morgan fingerprint density at radius 1 is 0.469 bits per heavy atom. The zero-order chi connectivity index (χ0) is 22.6. The van der Waals surface area contributed by atoms with E-state index in [1.807, 2.05) is 0 Å². The van der Waals surface area contributed by atoms with Gasteiger partial charge in [0.25, 0.3) is 0 Å². The average Bonchev–Trinajstić information content (AvgIpc) is 2.79. The molecule has 32 heavy (non-hydrogen) atoms. The predicted octanol–water partition coefficient (Wildman–Crippen LogP) is 5.84. The number of fused-ring (bicyclic) bond motifs is 2. The summed E-state index contributed by atoms with van der Waals surface area (Å²) >= 11 is 0. The van der Waals surface area contributed by atoms with Crippen molar-refractivity contribution in [2.24, 2.45) is 0 Å². The standard InChI is InChI=1S/C28H18F2O2/c1-15-3-4-16(2)24-23(15)27(31)25-21(17-5-9-19(29)10-6-17)13-14-22(26(25)28(24)32)18-7-11-20(30)12-8-18/h3-14,31-32H,1-2H2. The summed E-state index contributed by atoms with van der Waals surface area (Å²) in [4.78, 5) is 0. The monoisotopic (exact) mass is 424 g/mol. The maximum atomic E-state index is 13.5. The van der Waals surface area contributed by atoms with Gasteiger partial charge in [0.2, 0.25) is 0 Å². The molecular weight excluding hydrogens is 406 g/mol. The van der Waals surface area contributed by atoms with E-state index in [9.17, 15) is 19.0 Å². The number of halogens is 2. The number of hydrogen-bond donors (Lipinski definition) is 2. The Balaban J connectivity index is 2.03. The van der Waals surface area contributed by atoms with Crippen LogP contribution in [0.2, 0.25) is 0 Å². The van der Waals surface area contributed by atoms with Gasteiger partial charge in [0.1, 0.15) is 23.1 Å². The topological polar surface area (TPSA) is 40.5 Å². The van der Waals surface area contributed by atoms with Crippen LogP contribution in [-0.4, -0.2) is 10.2 Å². The molecule has 5 rings (SSSR count). The lowest BCUT2D eigenvalue weighted by molar-refractivity contribution is 0.478. The quantitative estimate of drug-likeness (QED) is 0.276. The molecule has 0 amide bonds. The maximum Gasteiger partial charge on any atom is 0.132 e. The van der Waals surface area contributed by atoms with Gasteiger partial charge in [-0.1, -0.05) is 61.7 Å². The van der Waals surface area contributed by atoms with Crippen LogP contribution in [-0.2, 0) is 0 Å². The molecule has 156 valence electrons. The second-order valence-electron chi connectivity index (χ2n) is 7.76. The highest BCUT2D eigenvalue weighted by Crippen LogP contribution is 2.47. The van der Waals surface area contributed by atoms with Gasteiger partial charge in [0.05, 0.1) is 0 Å². The first-order valence-electron chi connectivity index (χ1n) is 10.00. The normalized spacial score (nSPS) is 11.3. The maximum absolute atomic E-state index is 13.5. The van der Waals surface area contributed by atoms with Crippen molar-refractivity contribution in [3.8, 4) is 33.8 Å². The predicted molar refractivity (Wildman–Crippen MR) is 126 cm³/mol. The fourth-order valence-corrected chi connectivity index (χ4v) is 4.31. The van der Waals surface area contributed by atoms with Crippen molar-refractivity contribution >= 4 is 34.7 Å². The van der Waals surface area contributed by atoms with Gasteiger partial charge in [0, 0.05) is 21.5 Å². The molecule has 2 nitrogen and oxygen atoms in total. The van der Waals surface area contributed by atoms with Crippen LogP contribution in [0.4, 0.5) is 8.78 Å². The van der Waals surface area contributed by atoms with Crippen LogP contribution >= 0.6 is 0 Å². The van der Waals surface area contributed by atoms with Crippen molar-refractivity contribution in [2.75, 3.05) is 0 Å². The molecular formula is C28H18F2O2. The number of aromatic hydroxyl groups is 2. The first-order chi connectivity index (χ1) is 15.4. The first-order valence-corrected chi connectivity index (χ1v) is 10.00. The van der Waals surface area contributed by atoms with Crippen molar-refractivity contribution in [1.29, 1.82) is 0 Å². The average molecular weight is 424 g/mol. The van der Waals surface area contributed by atoms with E-state index in [0.29, 0.717) is 54.2 Å². The van der Waals surface area contributed by atoms with E-state index in [2.05, 4.69) is 13.2 Å². The van der Waals surface area contributed by atoms with Crippen molar-refractivity contribution in [3.05, 3.63) is 94.9 Å². The summed E-state index contributed by atoms with van der Waals surface area (Å²) in [7, 11) is 0. The Bertz CT molecular complexity index is 1500. The third-order valence-electron chi connectivity index (χ3n) is 5.84. The summed E-state index contributed by atoms with van der Waals surface area (Å²) in [5.74, 6) is -0.848. The van der Waals surface area contributed by atoms with Crippen LogP contribution in [0.5, 0.6) is 11.5 Å². The minimum absolute atomic E-state index is 0.0495. The molecule has 5 aromatic carbocycles. The SMILES string of the molecule is C=c1ccc(=C)c2c(O)c3c(-c4ccc(F)cc4)ccc(-c4ccc(F)cc4)c3c(O)c12. The lowest BCUT2D eigenvalue weighted by Crippen LogP contribution is -2.09. The van der Waals surface area contributed by atoms with Crippen LogP contribution < -0.4 is 10.4 Å². The lowest BCUT2D eigenvalue weighted by Gasteiger charge is -2.18. The van der Waals surface area contributed by atoms with Gasteiger partial charge < -0.3 is 10.2 Å². The molecule has 0 spiro atoms. The summed E-state index contributed by atoms with van der Waals surface area (Å²) in [6, 6.07) is 18.9. The highest BCUT2D eigenvalue weighted by molar-refractivity contribution is 6.19. The molecule has 0 aliphatic carbocycles. The molecule has 0 radical (unpaired) electrons. The Hall–Kier alpha value is -4.18. The number of rotatable bonds is 2. The van der Waals surface area contributed by atoms with E-state index in [4.69, 9.17) is 0 Å². The molecule has 5 aromatic rings. The van der Waals surface area contributed by atoms with Gasteiger partial charge in [-0.3, -0.25) is 0 Å². The lowest BCUT2D eigenvalue weighted by atomic mass is 9.88. The fraction of sp³-hybridized carbons (Fsp3) is 0. The van der Waals surface area contributed by atoms with Crippen LogP contribution in [0, 0.1) is 11.6 Å². The van der Waals surface area contributed by atoms with Crippen molar-refractivity contribution in [3.63, 3.8) is 0 Å². The van der Waals surface area contributed by atoms with Crippen LogP contribution in [0.1, 0.15) is 0 Å². The number of hydrogen-bond acceptors (Lipinski definition) is 2. The molecule has 2 N–H and O–H groups in total. The van der Waals surface area contributed by atoms with Gasteiger partial charge in [-0.15, -0.1) is 0 Å². The second kappa shape index (κ2) is 7.20. The minimum Gasteiger partial charge on any atom is -0.507 e. The van der Waals surface area contributed by atoms with E-state index in [1.165, 1.54) is 24.3 Å².